The summed E-state index contributed by atoms with van der Waals surface area (Å²) in [6.07, 6.45) is 7.83. The number of carbonyl (C=O) groups excluding carboxylic acids is 1. The standard InChI is InChI=1S/C25H29N9O2/c26-13-17-12-18(17)14-36-25-30-22(23(35)28-9-5-15-3-4-15)29-24(31-25)34-10-6-16(7-11-34)20-19-2-1-8-27-21(19)33-32-20/h1-2,8,15-18H,3-7,9-12,14H2,(H,28,35)(H,27,32,33). The molecule has 2 saturated carbocycles. The number of H-pyrrole nitrogens is 1. The van der Waals surface area contributed by atoms with Crippen LogP contribution in [0.4, 0.5) is 5.95 Å². The van der Waals surface area contributed by atoms with Crippen LogP contribution >= 0.6 is 0 Å². The van der Waals surface area contributed by atoms with Crippen molar-refractivity contribution in [3.63, 3.8) is 0 Å². The number of ether oxygens (including phenoxy) is 1. The summed E-state index contributed by atoms with van der Waals surface area (Å²) < 4.78 is 5.83. The van der Waals surface area contributed by atoms with Gasteiger partial charge in [0.25, 0.3) is 5.91 Å². The third-order valence-electron chi connectivity index (χ3n) is 7.40. The lowest BCUT2D eigenvalue weighted by molar-refractivity contribution is 0.0940. The molecule has 186 valence electrons. The summed E-state index contributed by atoms with van der Waals surface area (Å²) in [4.78, 5) is 32.6. The van der Waals surface area contributed by atoms with E-state index < -0.39 is 0 Å². The second-order valence-corrected chi connectivity index (χ2v) is 10.0. The minimum Gasteiger partial charge on any atom is -0.463 e. The maximum absolute atomic E-state index is 12.8. The van der Waals surface area contributed by atoms with Gasteiger partial charge < -0.3 is 15.0 Å². The SMILES string of the molecule is N#CC1CC1COc1nc(C(=O)NCCC2CC2)nc(N2CCC(c3[nH]nc4ncccc34)CC2)n1. The van der Waals surface area contributed by atoms with Gasteiger partial charge in [-0.1, -0.05) is 12.8 Å². The van der Waals surface area contributed by atoms with Crippen molar-refractivity contribution in [2.24, 2.45) is 17.8 Å². The van der Waals surface area contributed by atoms with E-state index in [4.69, 9.17) is 10.00 Å². The van der Waals surface area contributed by atoms with Gasteiger partial charge in [-0.3, -0.25) is 9.89 Å². The number of piperidine rings is 1. The van der Waals surface area contributed by atoms with Crippen LogP contribution in [-0.4, -0.2) is 62.3 Å². The molecule has 3 fully saturated rings. The van der Waals surface area contributed by atoms with Crippen molar-refractivity contribution in [1.82, 2.24) is 35.5 Å². The van der Waals surface area contributed by atoms with E-state index in [0.29, 0.717) is 25.0 Å². The summed E-state index contributed by atoms with van der Waals surface area (Å²) in [6, 6.07) is 6.39. The fourth-order valence-corrected chi connectivity index (χ4v) is 4.85. The molecular weight excluding hydrogens is 458 g/mol. The zero-order valence-electron chi connectivity index (χ0n) is 20.1. The number of aromatic nitrogens is 6. The lowest BCUT2D eigenvalue weighted by atomic mass is 9.92. The van der Waals surface area contributed by atoms with Crippen molar-refractivity contribution in [1.29, 1.82) is 5.26 Å². The van der Waals surface area contributed by atoms with Crippen molar-refractivity contribution in [3.05, 3.63) is 29.8 Å². The van der Waals surface area contributed by atoms with Crippen LogP contribution in [0.15, 0.2) is 18.3 Å². The van der Waals surface area contributed by atoms with E-state index >= 15 is 0 Å². The molecule has 2 unspecified atom stereocenters. The molecule has 0 spiro atoms. The van der Waals surface area contributed by atoms with E-state index in [1.807, 2.05) is 12.1 Å². The van der Waals surface area contributed by atoms with Gasteiger partial charge in [0, 0.05) is 48.7 Å². The molecule has 3 aromatic rings. The number of nitriles is 1. The van der Waals surface area contributed by atoms with Crippen molar-refractivity contribution in [3.8, 4) is 12.1 Å². The van der Waals surface area contributed by atoms with Gasteiger partial charge in [-0.15, -0.1) is 0 Å². The molecule has 2 atom stereocenters. The Balaban J connectivity index is 1.15. The number of anilines is 1. The first-order chi connectivity index (χ1) is 17.7. The number of carbonyl (C=O) groups is 1. The first-order valence-corrected chi connectivity index (χ1v) is 12.8. The normalized spacial score (nSPS) is 21.8. The Bertz CT molecular complexity index is 1290. The zero-order chi connectivity index (χ0) is 24.5. The molecule has 0 bridgehead atoms. The Morgan fingerprint density at radius 2 is 2.08 bits per heavy atom. The van der Waals surface area contributed by atoms with Gasteiger partial charge >= 0.3 is 6.01 Å². The Kier molecular flexibility index (Phi) is 6.09. The molecule has 1 aliphatic heterocycles. The summed E-state index contributed by atoms with van der Waals surface area (Å²) in [5.41, 5.74) is 1.85. The average molecular weight is 488 g/mol. The Morgan fingerprint density at radius 3 is 2.86 bits per heavy atom. The predicted molar refractivity (Wildman–Crippen MR) is 130 cm³/mol. The van der Waals surface area contributed by atoms with E-state index in [0.717, 1.165) is 61.4 Å². The fourth-order valence-electron chi connectivity index (χ4n) is 4.85. The molecule has 4 heterocycles. The highest BCUT2D eigenvalue weighted by Gasteiger charge is 2.38. The van der Waals surface area contributed by atoms with Crippen LogP contribution in [0.2, 0.25) is 0 Å². The number of nitrogens with zero attached hydrogens (tertiary/aromatic N) is 7. The summed E-state index contributed by atoms with van der Waals surface area (Å²) in [5.74, 6) is 1.51. The van der Waals surface area contributed by atoms with Crippen molar-refractivity contribution >= 4 is 22.9 Å². The fraction of sp³-hybridized carbons (Fsp3) is 0.560. The van der Waals surface area contributed by atoms with Crippen molar-refractivity contribution < 1.29 is 9.53 Å². The molecule has 3 aliphatic rings. The van der Waals surface area contributed by atoms with Crippen LogP contribution in [0.5, 0.6) is 6.01 Å². The molecule has 36 heavy (non-hydrogen) atoms. The van der Waals surface area contributed by atoms with Crippen LogP contribution in [-0.2, 0) is 0 Å². The molecule has 0 aromatic carbocycles. The molecule has 11 heteroatoms. The van der Waals surface area contributed by atoms with E-state index in [1.54, 1.807) is 6.20 Å². The number of hydrogen-bond donors (Lipinski definition) is 2. The molecule has 6 rings (SSSR count). The molecule has 3 aromatic heterocycles. The summed E-state index contributed by atoms with van der Waals surface area (Å²) in [6.45, 7) is 2.45. The van der Waals surface area contributed by atoms with Gasteiger partial charge in [0.05, 0.1) is 18.6 Å². The lowest BCUT2D eigenvalue weighted by Gasteiger charge is -2.31. The number of pyridine rings is 1. The van der Waals surface area contributed by atoms with Crippen LogP contribution in [0.25, 0.3) is 11.0 Å². The van der Waals surface area contributed by atoms with Crippen LogP contribution in [0.3, 0.4) is 0 Å². The molecule has 0 radical (unpaired) electrons. The van der Waals surface area contributed by atoms with Gasteiger partial charge in [-0.2, -0.15) is 25.3 Å². The van der Waals surface area contributed by atoms with Crippen LogP contribution < -0.4 is 15.0 Å². The third-order valence-corrected chi connectivity index (χ3v) is 7.40. The molecule has 2 aliphatic carbocycles. The van der Waals surface area contributed by atoms with E-state index in [1.165, 1.54) is 12.8 Å². The molecule has 11 nitrogen and oxygen atoms in total. The lowest BCUT2D eigenvalue weighted by Crippen LogP contribution is -2.35. The predicted octanol–water partition coefficient (Wildman–Crippen LogP) is 2.60. The number of amides is 1. The summed E-state index contributed by atoms with van der Waals surface area (Å²) in [7, 11) is 0. The maximum atomic E-state index is 12.8. The number of fused-ring (bicyclic) bond motifs is 1. The number of rotatable bonds is 9. The topological polar surface area (TPSA) is 146 Å². The van der Waals surface area contributed by atoms with Crippen molar-refractivity contribution in [2.45, 2.75) is 44.4 Å². The van der Waals surface area contributed by atoms with Gasteiger partial charge in [-0.05, 0) is 43.7 Å². The number of aromatic amines is 1. The van der Waals surface area contributed by atoms with Gasteiger partial charge in [0.2, 0.25) is 11.8 Å². The highest BCUT2D eigenvalue weighted by Crippen LogP contribution is 2.38. The Morgan fingerprint density at radius 1 is 1.22 bits per heavy atom. The van der Waals surface area contributed by atoms with E-state index in [2.05, 4.69) is 46.4 Å². The van der Waals surface area contributed by atoms with Gasteiger partial charge in [-0.25, -0.2) is 4.98 Å². The maximum Gasteiger partial charge on any atom is 0.321 e. The number of nitrogens with one attached hydrogen (secondary N) is 2. The quantitative estimate of drug-likeness (QED) is 0.465. The highest BCUT2D eigenvalue weighted by molar-refractivity contribution is 5.90. The third kappa shape index (κ3) is 4.94. The Hall–Kier alpha value is -3.81. The largest absolute Gasteiger partial charge is 0.463 e. The highest BCUT2D eigenvalue weighted by atomic mass is 16.5. The monoisotopic (exact) mass is 487 g/mol. The molecule has 2 N–H and O–H groups in total. The Labute approximate surface area is 208 Å². The number of hydrogen-bond acceptors (Lipinski definition) is 9. The molecule has 1 amide bonds. The summed E-state index contributed by atoms with van der Waals surface area (Å²) in [5, 5.41) is 20.6. The minimum atomic E-state index is -0.309. The second kappa shape index (κ2) is 9.68. The first kappa shape index (κ1) is 22.6. The van der Waals surface area contributed by atoms with Gasteiger partial charge in [0.15, 0.2) is 5.65 Å². The second-order valence-electron chi connectivity index (χ2n) is 10.0. The summed E-state index contributed by atoms with van der Waals surface area (Å²) >= 11 is 0. The van der Waals surface area contributed by atoms with Crippen LogP contribution in [0, 0.1) is 29.1 Å². The minimum absolute atomic E-state index is 0.0318. The zero-order valence-corrected chi connectivity index (χ0v) is 20.1. The van der Waals surface area contributed by atoms with Crippen molar-refractivity contribution in [2.75, 3.05) is 31.1 Å². The average Bonchev–Trinajstić information content (AvgIpc) is 3.85. The van der Waals surface area contributed by atoms with Crippen LogP contribution in [0.1, 0.15) is 60.8 Å². The van der Waals surface area contributed by atoms with Gasteiger partial charge in [0.1, 0.15) is 0 Å². The first-order valence-electron chi connectivity index (χ1n) is 12.8. The smallest absolute Gasteiger partial charge is 0.321 e. The van der Waals surface area contributed by atoms with E-state index in [9.17, 15) is 4.79 Å². The molecule has 1 saturated heterocycles. The van der Waals surface area contributed by atoms with E-state index in [-0.39, 0.29) is 29.6 Å². The molecular formula is C25H29N9O2.